The second kappa shape index (κ2) is 4.94. The average molecular weight is 203 g/mol. The fourth-order valence-electron chi connectivity index (χ4n) is 1.19. The molecule has 1 aliphatic rings. The molecule has 0 bridgehead atoms. The van der Waals surface area contributed by atoms with Crippen molar-refractivity contribution in [1.82, 2.24) is 0 Å². The molecule has 0 radical (unpaired) electrons. The zero-order valence-corrected chi connectivity index (χ0v) is 8.61. The Morgan fingerprint density at radius 1 is 1.44 bits per heavy atom. The highest BCUT2D eigenvalue weighted by Crippen LogP contribution is 2.18. The smallest absolute Gasteiger partial charge is 0.381 e. The van der Waals surface area contributed by atoms with Crippen molar-refractivity contribution in [1.29, 1.82) is 0 Å². The third-order valence-electron chi connectivity index (χ3n) is 1.86. The molecular formula is C6H11BrMgO. The van der Waals surface area contributed by atoms with E-state index in [2.05, 4.69) is 12.9 Å². The summed E-state index contributed by atoms with van der Waals surface area (Å²) in [5.41, 5.74) is 0. The molecule has 0 saturated carbocycles. The number of ether oxygens (including phenoxy) is 1. The zero-order chi connectivity index (χ0) is 6.53. The highest BCUT2D eigenvalue weighted by Gasteiger charge is 2.12. The highest BCUT2D eigenvalue weighted by atomic mass is 79.9. The van der Waals surface area contributed by atoms with E-state index in [1.54, 1.807) is 0 Å². The van der Waals surface area contributed by atoms with Crippen LogP contribution in [-0.2, 0) is 4.74 Å². The molecule has 3 heteroatoms. The summed E-state index contributed by atoms with van der Waals surface area (Å²) in [6.45, 7) is 2.01. The van der Waals surface area contributed by atoms with Gasteiger partial charge in [-0.3, -0.25) is 0 Å². The van der Waals surface area contributed by atoms with Crippen LogP contribution >= 0.6 is 12.9 Å². The van der Waals surface area contributed by atoms with Crippen LogP contribution in [-0.4, -0.2) is 31.4 Å². The Bertz CT molecular complexity index is 70.7. The summed E-state index contributed by atoms with van der Waals surface area (Å²) in [4.78, 5) is 0. The van der Waals surface area contributed by atoms with E-state index in [-0.39, 0.29) is 18.2 Å². The van der Waals surface area contributed by atoms with E-state index < -0.39 is 0 Å². The third kappa shape index (κ3) is 3.21. The minimum Gasteiger partial charge on any atom is -0.381 e. The van der Waals surface area contributed by atoms with Gasteiger partial charge in [0.2, 0.25) is 0 Å². The first kappa shape index (κ1) is 8.30. The van der Waals surface area contributed by atoms with Crippen molar-refractivity contribution in [2.45, 2.75) is 17.4 Å². The number of rotatable bonds is 2. The quantitative estimate of drug-likeness (QED) is 0.622. The fraction of sp³-hybridized carbons (Fsp3) is 1.00. The summed E-state index contributed by atoms with van der Waals surface area (Å²) >= 11 is 3.71. The van der Waals surface area contributed by atoms with Crippen molar-refractivity contribution in [3.8, 4) is 0 Å². The van der Waals surface area contributed by atoms with Gasteiger partial charge in [0, 0.05) is 13.2 Å². The first-order valence-electron chi connectivity index (χ1n) is 3.57. The minimum atomic E-state index is 0.126. The van der Waals surface area contributed by atoms with Gasteiger partial charge in [0.05, 0.1) is 0 Å². The van der Waals surface area contributed by atoms with Crippen molar-refractivity contribution in [2.24, 2.45) is 5.92 Å². The molecule has 0 aromatic heterocycles. The molecule has 50 valence electrons. The maximum Gasteiger partial charge on any atom is 0.468 e. The summed E-state index contributed by atoms with van der Waals surface area (Å²) in [5.74, 6) is 0.991. The summed E-state index contributed by atoms with van der Waals surface area (Å²) < 4.78 is 6.71. The lowest BCUT2D eigenvalue weighted by molar-refractivity contribution is 0.0717. The van der Waals surface area contributed by atoms with Crippen molar-refractivity contribution in [2.75, 3.05) is 13.2 Å². The minimum absolute atomic E-state index is 0.126. The van der Waals surface area contributed by atoms with Crippen LogP contribution < -0.4 is 0 Å². The second-order valence-corrected chi connectivity index (χ2v) is 5.87. The topological polar surface area (TPSA) is 9.23 Å². The van der Waals surface area contributed by atoms with E-state index in [1.807, 2.05) is 0 Å². The van der Waals surface area contributed by atoms with Gasteiger partial charge < -0.3 is 17.6 Å². The van der Waals surface area contributed by atoms with Gasteiger partial charge in [-0.1, -0.05) is 5.92 Å². The molecule has 1 fully saturated rings. The molecule has 0 aromatic carbocycles. The normalized spacial score (nSPS) is 21.4. The molecule has 1 heterocycles. The molecule has 0 aliphatic carbocycles. The molecular weight excluding hydrogens is 192 g/mol. The molecule has 0 spiro atoms. The molecule has 9 heavy (non-hydrogen) atoms. The van der Waals surface area contributed by atoms with Gasteiger partial charge in [0.1, 0.15) is 0 Å². The Morgan fingerprint density at radius 3 is 2.67 bits per heavy atom. The largest absolute Gasteiger partial charge is 0.468 e. The lowest BCUT2D eigenvalue weighted by atomic mass is 10.0. The van der Waals surface area contributed by atoms with Gasteiger partial charge in [-0.05, 0) is 12.8 Å². The lowest BCUT2D eigenvalue weighted by Crippen LogP contribution is -2.15. The first-order chi connectivity index (χ1) is 4.43. The fourth-order valence-corrected chi connectivity index (χ4v) is 4.02. The van der Waals surface area contributed by atoms with Gasteiger partial charge in [-0.15, -0.1) is 4.55 Å². The summed E-state index contributed by atoms with van der Waals surface area (Å²) in [5, 5.41) is 0. The highest BCUT2D eigenvalue weighted by molar-refractivity contribution is 9.23. The Morgan fingerprint density at radius 2 is 2.11 bits per heavy atom. The molecule has 1 aliphatic heterocycles. The molecule has 1 saturated heterocycles. The third-order valence-corrected chi connectivity index (χ3v) is 4.27. The summed E-state index contributed by atoms with van der Waals surface area (Å²) in [6.07, 6.45) is 2.61. The average Bonchev–Trinajstić information content (AvgIpc) is 1.91. The predicted molar refractivity (Wildman–Crippen MR) is 43.0 cm³/mol. The van der Waals surface area contributed by atoms with Gasteiger partial charge in [-0.2, -0.15) is 0 Å². The van der Waals surface area contributed by atoms with Crippen LogP contribution in [0.1, 0.15) is 12.8 Å². The molecule has 1 rings (SSSR count). The monoisotopic (exact) mass is 202 g/mol. The van der Waals surface area contributed by atoms with Gasteiger partial charge in [-0.25, -0.2) is 0 Å². The molecule has 0 N–H and O–H groups in total. The van der Waals surface area contributed by atoms with Crippen LogP contribution in [0.3, 0.4) is 0 Å². The van der Waals surface area contributed by atoms with Crippen LogP contribution in [0.5, 0.6) is 0 Å². The van der Waals surface area contributed by atoms with E-state index in [1.165, 1.54) is 17.4 Å². The van der Waals surface area contributed by atoms with E-state index in [4.69, 9.17) is 4.74 Å². The van der Waals surface area contributed by atoms with Gasteiger partial charge >= 0.3 is 18.2 Å². The van der Waals surface area contributed by atoms with Crippen LogP contribution in [0.2, 0.25) is 4.55 Å². The van der Waals surface area contributed by atoms with Crippen LogP contribution in [0.25, 0.3) is 0 Å². The number of hydrogen-bond acceptors (Lipinski definition) is 1. The van der Waals surface area contributed by atoms with E-state index in [0.29, 0.717) is 0 Å². The van der Waals surface area contributed by atoms with E-state index in [9.17, 15) is 0 Å². The van der Waals surface area contributed by atoms with Crippen molar-refractivity contribution >= 4 is 31.1 Å². The molecule has 1 nitrogen and oxygen atoms in total. The molecule has 0 amide bonds. The number of halogens is 1. The maximum atomic E-state index is 5.25. The lowest BCUT2D eigenvalue weighted by Gasteiger charge is -2.20. The Kier molecular flexibility index (Phi) is 4.56. The Balaban J connectivity index is 2.08. The van der Waals surface area contributed by atoms with E-state index >= 15 is 0 Å². The molecule has 0 aromatic rings. The Labute approximate surface area is 72.1 Å². The van der Waals surface area contributed by atoms with Gasteiger partial charge in [0.15, 0.2) is 0 Å². The zero-order valence-electron chi connectivity index (χ0n) is 5.61. The summed E-state index contributed by atoms with van der Waals surface area (Å²) in [7, 11) is 0. The second-order valence-electron chi connectivity index (χ2n) is 2.53. The van der Waals surface area contributed by atoms with Gasteiger partial charge in [0.25, 0.3) is 0 Å². The van der Waals surface area contributed by atoms with Crippen LogP contribution in [0.4, 0.5) is 0 Å². The standard InChI is InChI=1S/C6H11O.BrH.Mg/c1-6-2-4-7-5-3-6;;/h6H,1-5H2;1H;/q;;+1/p-1. The maximum absolute atomic E-state index is 5.25. The predicted octanol–water partition coefficient (Wildman–Crippen LogP) is 1.85. The van der Waals surface area contributed by atoms with Crippen molar-refractivity contribution in [3.63, 3.8) is 0 Å². The van der Waals surface area contributed by atoms with Crippen molar-refractivity contribution < 1.29 is 4.74 Å². The molecule has 0 unspecified atom stereocenters. The number of hydrogen-bond donors (Lipinski definition) is 0. The van der Waals surface area contributed by atoms with Crippen LogP contribution in [0, 0.1) is 5.92 Å². The molecule has 0 atom stereocenters. The van der Waals surface area contributed by atoms with E-state index in [0.717, 1.165) is 19.1 Å². The summed E-state index contributed by atoms with van der Waals surface area (Å²) in [6, 6.07) is 0. The van der Waals surface area contributed by atoms with Crippen LogP contribution in [0.15, 0.2) is 0 Å². The van der Waals surface area contributed by atoms with Crippen molar-refractivity contribution in [3.05, 3.63) is 0 Å². The first-order valence-corrected chi connectivity index (χ1v) is 8.47. The Hall–Kier alpha value is 1.21. The SMILES string of the molecule is [Br][Mg][CH2]C1CCOCC1.